The maximum Gasteiger partial charge on any atom is 0.335 e. The number of aromatic carboxylic acids is 1. The van der Waals surface area contributed by atoms with Crippen LogP contribution in [-0.2, 0) is 13.2 Å². The van der Waals surface area contributed by atoms with Crippen molar-refractivity contribution in [1.29, 1.82) is 0 Å². The Balaban J connectivity index is 1.58. The fourth-order valence-electron chi connectivity index (χ4n) is 2.46. The summed E-state index contributed by atoms with van der Waals surface area (Å²) in [6.45, 7) is 0.726. The van der Waals surface area contributed by atoms with Crippen LogP contribution in [0.5, 0.6) is 5.75 Å². The molecule has 3 rings (SSSR count). The van der Waals surface area contributed by atoms with Crippen LogP contribution in [0.1, 0.15) is 21.5 Å². The second-order valence-corrected chi connectivity index (χ2v) is 5.76. The largest absolute Gasteiger partial charge is 0.489 e. The fraction of sp³-hybridized carbons (Fsp3) is 0.0952. The summed E-state index contributed by atoms with van der Waals surface area (Å²) in [5.74, 6) is -0.569. The maximum absolute atomic E-state index is 13.6. The fourth-order valence-corrected chi connectivity index (χ4v) is 2.46. The molecule has 0 aromatic heterocycles. The van der Waals surface area contributed by atoms with E-state index in [1.165, 1.54) is 6.07 Å². The minimum atomic E-state index is -0.948. The predicted octanol–water partition coefficient (Wildman–Crippen LogP) is 4.72. The van der Waals surface area contributed by atoms with Gasteiger partial charge in [-0.25, -0.2) is 9.18 Å². The van der Waals surface area contributed by atoms with Crippen LogP contribution in [0.2, 0.25) is 0 Å². The SMILES string of the molecule is O=C(O)c1ccc(NCc2cccc(OCc3ccccc3F)c2)cc1. The van der Waals surface area contributed by atoms with Crippen molar-refractivity contribution < 1.29 is 19.0 Å². The third-order valence-corrected chi connectivity index (χ3v) is 3.88. The van der Waals surface area contributed by atoms with Gasteiger partial charge in [0.1, 0.15) is 18.2 Å². The average molecular weight is 351 g/mol. The summed E-state index contributed by atoms with van der Waals surface area (Å²) in [5, 5.41) is 12.1. The maximum atomic E-state index is 13.6. The first-order valence-corrected chi connectivity index (χ1v) is 8.14. The molecule has 0 unspecified atom stereocenters. The molecule has 0 radical (unpaired) electrons. The predicted molar refractivity (Wildman–Crippen MR) is 97.9 cm³/mol. The molecule has 5 heteroatoms. The monoisotopic (exact) mass is 351 g/mol. The first-order valence-electron chi connectivity index (χ1n) is 8.14. The summed E-state index contributed by atoms with van der Waals surface area (Å²) < 4.78 is 19.3. The molecule has 0 spiro atoms. The van der Waals surface area contributed by atoms with E-state index >= 15 is 0 Å². The van der Waals surface area contributed by atoms with Crippen molar-refractivity contribution in [2.24, 2.45) is 0 Å². The zero-order chi connectivity index (χ0) is 18.4. The molecule has 2 N–H and O–H groups in total. The van der Waals surface area contributed by atoms with Crippen molar-refractivity contribution in [3.05, 3.63) is 95.3 Å². The first-order chi connectivity index (χ1) is 12.6. The molecule has 3 aromatic carbocycles. The number of hydrogen-bond acceptors (Lipinski definition) is 3. The van der Waals surface area contributed by atoms with Gasteiger partial charge in [0.25, 0.3) is 0 Å². The van der Waals surface area contributed by atoms with Crippen LogP contribution >= 0.6 is 0 Å². The standard InChI is InChI=1S/C21H18FNO3/c22-20-7-2-1-5-17(20)14-26-19-6-3-4-15(12-19)13-23-18-10-8-16(9-11-18)21(24)25/h1-12,23H,13-14H2,(H,24,25). The van der Waals surface area contributed by atoms with Gasteiger partial charge in [-0.15, -0.1) is 0 Å². The average Bonchev–Trinajstić information content (AvgIpc) is 2.66. The second-order valence-electron chi connectivity index (χ2n) is 5.76. The van der Waals surface area contributed by atoms with Crippen LogP contribution < -0.4 is 10.1 Å². The van der Waals surface area contributed by atoms with Crippen LogP contribution in [0.4, 0.5) is 10.1 Å². The number of nitrogens with one attached hydrogen (secondary N) is 1. The number of rotatable bonds is 7. The molecule has 0 amide bonds. The molecule has 0 atom stereocenters. The number of ether oxygens (including phenoxy) is 1. The van der Waals surface area contributed by atoms with E-state index in [1.54, 1.807) is 42.5 Å². The Bertz CT molecular complexity index is 894. The molecule has 0 fully saturated rings. The number of carboxylic acid groups (broad SMARTS) is 1. The van der Waals surface area contributed by atoms with E-state index in [9.17, 15) is 9.18 Å². The van der Waals surface area contributed by atoms with Crippen molar-refractivity contribution in [1.82, 2.24) is 0 Å². The van der Waals surface area contributed by atoms with E-state index in [1.807, 2.05) is 24.3 Å². The second kappa shape index (κ2) is 8.16. The van der Waals surface area contributed by atoms with Gasteiger partial charge in [-0.1, -0.05) is 30.3 Å². The van der Waals surface area contributed by atoms with Crippen molar-refractivity contribution in [3.63, 3.8) is 0 Å². The molecule has 0 bridgehead atoms. The van der Waals surface area contributed by atoms with E-state index in [4.69, 9.17) is 9.84 Å². The minimum absolute atomic E-state index is 0.167. The normalized spacial score (nSPS) is 10.3. The lowest BCUT2D eigenvalue weighted by Crippen LogP contribution is -2.02. The van der Waals surface area contributed by atoms with Gasteiger partial charge in [0.2, 0.25) is 0 Å². The van der Waals surface area contributed by atoms with Crippen molar-refractivity contribution in [2.45, 2.75) is 13.2 Å². The van der Waals surface area contributed by atoms with Gasteiger partial charge in [0.05, 0.1) is 5.56 Å². The molecule has 0 heterocycles. The van der Waals surface area contributed by atoms with E-state index in [0.717, 1.165) is 11.3 Å². The molecule has 132 valence electrons. The molecule has 0 aliphatic heterocycles. The lowest BCUT2D eigenvalue weighted by Gasteiger charge is -2.10. The summed E-state index contributed by atoms with van der Waals surface area (Å²) in [6, 6.07) is 20.6. The highest BCUT2D eigenvalue weighted by Crippen LogP contribution is 2.18. The Labute approximate surface area is 150 Å². The van der Waals surface area contributed by atoms with Crippen LogP contribution in [0.3, 0.4) is 0 Å². The third kappa shape index (κ3) is 4.60. The number of carbonyl (C=O) groups is 1. The third-order valence-electron chi connectivity index (χ3n) is 3.88. The number of hydrogen-bond donors (Lipinski definition) is 2. The minimum Gasteiger partial charge on any atom is -0.489 e. The Kier molecular flexibility index (Phi) is 5.49. The van der Waals surface area contributed by atoms with E-state index in [2.05, 4.69) is 5.32 Å². The van der Waals surface area contributed by atoms with Gasteiger partial charge in [0, 0.05) is 17.8 Å². The smallest absolute Gasteiger partial charge is 0.335 e. The van der Waals surface area contributed by atoms with Gasteiger partial charge in [0.15, 0.2) is 0 Å². The van der Waals surface area contributed by atoms with Crippen LogP contribution in [0.15, 0.2) is 72.8 Å². The van der Waals surface area contributed by atoms with Crippen molar-refractivity contribution >= 4 is 11.7 Å². The number of carboxylic acids is 1. The Hall–Kier alpha value is -3.34. The molecule has 0 saturated heterocycles. The summed E-state index contributed by atoms with van der Waals surface area (Å²) >= 11 is 0. The van der Waals surface area contributed by atoms with Gasteiger partial charge in [-0.2, -0.15) is 0 Å². The highest BCUT2D eigenvalue weighted by molar-refractivity contribution is 5.87. The molecular formula is C21H18FNO3. The quantitative estimate of drug-likeness (QED) is 0.647. The summed E-state index contributed by atoms with van der Waals surface area (Å²) in [6.07, 6.45) is 0. The van der Waals surface area contributed by atoms with Crippen LogP contribution in [-0.4, -0.2) is 11.1 Å². The highest BCUT2D eigenvalue weighted by atomic mass is 19.1. The van der Waals surface area contributed by atoms with Crippen molar-refractivity contribution in [2.75, 3.05) is 5.32 Å². The molecule has 3 aromatic rings. The highest BCUT2D eigenvalue weighted by Gasteiger charge is 2.04. The molecule has 0 saturated carbocycles. The first kappa shape index (κ1) is 17.5. The van der Waals surface area contributed by atoms with Gasteiger partial charge in [-0.3, -0.25) is 0 Å². The lowest BCUT2D eigenvalue weighted by molar-refractivity contribution is 0.0697. The van der Waals surface area contributed by atoms with E-state index in [0.29, 0.717) is 17.9 Å². The molecule has 0 aliphatic carbocycles. The zero-order valence-corrected chi connectivity index (χ0v) is 14.0. The molecule has 0 aliphatic rings. The van der Waals surface area contributed by atoms with E-state index < -0.39 is 5.97 Å². The molecule has 26 heavy (non-hydrogen) atoms. The summed E-state index contributed by atoms with van der Waals surface area (Å²) in [4.78, 5) is 10.9. The Morgan fingerprint density at radius 2 is 1.77 bits per heavy atom. The number of benzene rings is 3. The topological polar surface area (TPSA) is 58.6 Å². The summed E-state index contributed by atoms with van der Waals surface area (Å²) in [5.41, 5.74) is 2.58. The molecule has 4 nitrogen and oxygen atoms in total. The Morgan fingerprint density at radius 1 is 1.00 bits per heavy atom. The van der Waals surface area contributed by atoms with Gasteiger partial charge < -0.3 is 15.2 Å². The summed E-state index contributed by atoms with van der Waals surface area (Å²) in [7, 11) is 0. The Morgan fingerprint density at radius 3 is 2.50 bits per heavy atom. The lowest BCUT2D eigenvalue weighted by atomic mass is 10.2. The van der Waals surface area contributed by atoms with Crippen molar-refractivity contribution in [3.8, 4) is 5.75 Å². The van der Waals surface area contributed by atoms with Gasteiger partial charge in [-0.05, 0) is 48.0 Å². The van der Waals surface area contributed by atoms with E-state index in [-0.39, 0.29) is 18.0 Å². The molecular weight excluding hydrogens is 333 g/mol. The number of halogens is 1. The van der Waals surface area contributed by atoms with Crippen LogP contribution in [0, 0.1) is 5.82 Å². The van der Waals surface area contributed by atoms with Crippen LogP contribution in [0.25, 0.3) is 0 Å². The number of anilines is 1. The zero-order valence-electron chi connectivity index (χ0n) is 14.0. The van der Waals surface area contributed by atoms with Gasteiger partial charge >= 0.3 is 5.97 Å².